The summed E-state index contributed by atoms with van der Waals surface area (Å²) in [6.07, 6.45) is -4.56. The van der Waals surface area contributed by atoms with E-state index < -0.39 is 35.2 Å². The number of alkyl halides is 3. The Bertz CT molecular complexity index is 992. The van der Waals surface area contributed by atoms with Crippen LogP contribution in [0.4, 0.5) is 13.2 Å². The molecule has 2 aromatic carbocycles. The lowest BCUT2D eigenvalue weighted by Crippen LogP contribution is -2.48. The summed E-state index contributed by atoms with van der Waals surface area (Å²) >= 11 is 1.38. The second-order valence-corrected chi connectivity index (χ2v) is 7.18. The Morgan fingerprint density at radius 1 is 1.03 bits per heavy atom. The number of halogens is 3. The van der Waals surface area contributed by atoms with Gasteiger partial charge in [-0.25, -0.2) is 4.98 Å². The van der Waals surface area contributed by atoms with Gasteiger partial charge in [-0.15, -0.1) is 11.3 Å². The van der Waals surface area contributed by atoms with Gasteiger partial charge < -0.3 is 10.6 Å². The zero-order valence-corrected chi connectivity index (χ0v) is 16.5. The van der Waals surface area contributed by atoms with Crippen LogP contribution in [0.1, 0.15) is 27.2 Å². The summed E-state index contributed by atoms with van der Waals surface area (Å²) in [5.41, 5.74) is 1.45. The maximum absolute atomic E-state index is 13.3. The molecule has 156 valence electrons. The number of rotatable bonds is 7. The molecule has 5 nitrogen and oxygen atoms in total. The summed E-state index contributed by atoms with van der Waals surface area (Å²) in [4.78, 5) is 29.4. The largest absolute Gasteiger partial charge is 0.417 e. The van der Waals surface area contributed by atoms with E-state index in [4.69, 9.17) is 0 Å². The Morgan fingerprint density at radius 3 is 2.40 bits per heavy atom. The maximum atomic E-state index is 13.3. The summed E-state index contributed by atoms with van der Waals surface area (Å²) in [6.45, 7) is 0.155. The number of nitrogens with zero attached hydrogens (tertiary/aromatic N) is 1. The number of hydrogen-bond donors (Lipinski definition) is 2. The SMILES string of the molecule is O=C(NC(Cc1ccccc1)C(=O)NCc1cscn1)c1ccccc1C(F)(F)F. The van der Waals surface area contributed by atoms with E-state index in [0.29, 0.717) is 5.69 Å². The van der Waals surface area contributed by atoms with Crippen LogP contribution in [0.2, 0.25) is 0 Å². The standard InChI is InChI=1S/C21H18F3N3O2S/c22-21(23,24)17-9-5-4-8-16(17)19(28)27-18(10-14-6-2-1-3-7-14)20(29)25-11-15-12-30-13-26-15/h1-9,12-13,18H,10-11H2,(H,25,29)(H,27,28). The Hall–Kier alpha value is -3.20. The van der Waals surface area contributed by atoms with Crippen molar-refractivity contribution in [1.29, 1.82) is 0 Å². The molecule has 2 amide bonds. The molecular weight excluding hydrogens is 415 g/mol. The van der Waals surface area contributed by atoms with Crippen LogP contribution in [0.3, 0.4) is 0 Å². The summed E-state index contributed by atoms with van der Waals surface area (Å²) in [5.74, 6) is -1.47. The van der Waals surface area contributed by atoms with Crippen molar-refractivity contribution in [3.63, 3.8) is 0 Å². The molecule has 3 aromatic rings. The van der Waals surface area contributed by atoms with Crippen LogP contribution >= 0.6 is 11.3 Å². The summed E-state index contributed by atoms with van der Waals surface area (Å²) in [5, 5.41) is 6.90. The lowest BCUT2D eigenvalue weighted by Gasteiger charge is -2.20. The molecule has 0 radical (unpaired) electrons. The average molecular weight is 433 g/mol. The zero-order valence-electron chi connectivity index (χ0n) is 15.6. The van der Waals surface area contributed by atoms with Crippen LogP contribution < -0.4 is 10.6 Å². The van der Waals surface area contributed by atoms with Gasteiger partial charge >= 0.3 is 6.18 Å². The number of amides is 2. The first kappa shape index (κ1) is 21.5. The molecule has 9 heteroatoms. The molecule has 0 saturated carbocycles. The summed E-state index contributed by atoms with van der Waals surface area (Å²) < 4.78 is 39.8. The van der Waals surface area contributed by atoms with Crippen LogP contribution in [-0.2, 0) is 23.9 Å². The smallest absolute Gasteiger partial charge is 0.349 e. The van der Waals surface area contributed by atoms with E-state index in [1.807, 2.05) is 0 Å². The van der Waals surface area contributed by atoms with Crippen molar-refractivity contribution in [2.75, 3.05) is 0 Å². The van der Waals surface area contributed by atoms with Gasteiger partial charge in [0.2, 0.25) is 5.91 Å². The lowest BCUT2D eigenvalue weighted by atomic mass is 10.0. The van der Waals surface area contributed by atoms with E-state index in [1.54, 1.807) is 41.2 Å². The first-order valence-corrected chi connectivity index (χ1v) is 9.94. The predicted octanol–water partition coefficient (Wildman–Crippen LogP) is 3.82. The minimum atomic E-state index is -4.68. The van der Waals surface area contributed by atoms with Gasteiger partial charge in [-0.3, -0.25) is 9.59 Å². The van der Waals surface area contributed by atoms with E-state index in [2.05, 4.69) is 15.6 Å². The molecule has 0 bridgehead atoms. The quantitative estimate of drug-likeness (QED) is 0.595. The average Bonchev–Trinajstić information content (AvgIpc) is 3.25. The number of thiazole rings is 1. The number of carbonyl (C=O) groups excluding carboxylic acids is 2. The highest BCUT2D eigenvalue weighted by molar-refractivity contribution is 7.07. The minimum absolute atomic E-state index is 0.129. The monoisotopic (exact) mass is 433 g/mol. The molecule has 0 fully saturated rings. The van der Waals surface area contributed by atoms with Crippen molar-refractivity contribution < 1.29 is 22.8 Å². The van der Waals surface area contributed by atoms with Gasteiger partial charge in [-0.05, 0) is 17.7 Å². The highest BCUT2D eigenvalue weighted by Gasteiger charge is 2.35. The lowest BCUT2D eigenvalue weighted by molar-refractivity contribution is -0.137. The van der Waals surface area contributed by atoms with Crippen molar-refractivity contribution in [3.05, 3.63) is 87.9 Å². The van der Waals surface area contributed by atoms with Crippen molar-refractivity contribution in [1.82, 2.24) is 15.6 Å². The molecule has 1 unspecified atom stereocenters. The van der Waals surface area contributed by atoms with Gasteiger partial charge in [0.25, 0.3) is 5.91 Å². The topological polar surface area (TPSA) is 71.1 Å². The fourth-order valence-corrected chi connectivity index (χ4v) is 3.41. The first-order valence-electron chi connectivity index (χ1n) is 9.00. The van der Waals surface area contributed by atoms with Gasteiger partial charge in [0.1, 0.15) is 6.04 Å². The van der Waals surface area contributed by atoms with E-state index in [9.17, 15) is 22.8 Å². The molecule has 1 aromatic heterocycles. The second-order valence-electron chi connectivity index (χ2n) is 6.46. The molecule has 0 saturated heterocycles. The normalized spacial score (nSPS) is 12.2. The van der Waals surface area contributed by atoms with Gasteiger partial charge in [0.05, 0.1) is 28.9 Å². The van der Waals surface area contributed by atoms with E-state index >= 15 is 0 Å². The van der Waals surface area contributed by atoms with Gasteiger partial charge in [0.15, 0.2) is 0 Å². The van der Waals surface area contributed by atoms with Crippen molar-refractivity contribution in [3.8, 4) is 0 Å². The maximum Gasteiger partial charge on any atom is 0.417 e. The molecule has 0 aliphatic heterocycles. The molecule has 0 aliphatic rings. The third-order valence-electron chi connectivity index (χ3n) is 4.31. The Morgan fingerprint density at radius 2 is 1.73 bits per heavy atom. The van der Waals surface area contributed by atoms with E-state index in [1.165, 1.54) is 23.5 Å². The Balaban J connectivity index is 1.79. The van der Waals surface area contributed by atoms with E-state index in [-0.39, 0.29) is 13.0 Å². The van der Waals surface area contributed by atoms with Crippen LogP contribution in [0.15, 0.2) is 65.5 Å². The van der Waals surface area contributed by atoms with E-state index in [0.717, 1.165) is 17.7 Å². The molecule has 1 atom stereocenters. The fraction of sp³-hybridized carbons (Fsp3) is 0.190. The summed E-state index contributed by atoms with van der Waals surface area (Å²) in [7, 11) is 0. The van der Waals surface area contributed by atoms with Crippen molar-refractivity contribution in [2.24, 2.45) is 0 Å². The number of benzene rings is 2. The minimum Gasteiger partial charge on any atom is -0.349 e. The highest BCUT2D eigenvalue weighted by Crippen LogP contribution is 2.31. The molecule has 1 heterocycles. The Kier molecular flexibility index (Phi) is 6.83. The van der Waals surface area contributed by atoms with Gasteiger partial charge in [0, 0.05) is 11.8 Å². The molecule has 2 N–H and O–H groups in total. The number of aromatic nitrogens is 1. The second kappa shape index (κ2) is 9.53. The van der Waals surface area contributed by atoms with Crippen molar-refractivity contribution in [2.45, 2.75) is 25.2 Å². The predicted molar refractivity (Wildman–Crippen MR) is 107 cm³/mol. The van der Waals surface area contributed by atoms with Crippen molar-refractivity contribution >= 4 is 23.2 Å². The third kappa shape index (κ3) is 5.66. The number of nitrogens with one attached hydrogen (secondary N) is 2. The molecular formula is C21H18F3N3O2S. The first-order chi connectivity index (χ1) is 14.3. The Labute approximate surface area is 175 Å². The number of carbonyl (C=O) groups is 2. The zero-order chi connectivity index (χ0) is 21.6. The van der Waals surface area contributed by atoms with Crippen LogP contribution in [-0.4, -0.2) is 22.8 Å². The molecule has 0 aliphatic carbocycles. The molecule has 30 heavy (non-hydrogen) atoms. The summed E-state index contributed by atoms with van der Waals surface area (Å²) in [6, 6.07) is 12.3. The molecule has 3 rings (SSSR count). The fourth-order valence-electron chi connectivity index (χ4n) is 2.85. The third-order valence-corrected chi connectivity index (χ3v) is 4.94. The number of hydrogen-bond acceptors (Lipinski definition) is 4. The highest BCUT2D eigenvalue weighted by atomic mass is 32.1. The molecule has 0 spiro atoms. The van der Waals surface area contributed by atoms with Gasteiger partial charge in [-0.2, -0.15) is 13.2 Å². The van der Waals surface area contributed by atoms with Crippen LogP contribution in [0, 0.1) is 0 Å². The van der Waals surface area contributed by atoms with Crippen LogP contribution in [0.25, 0.3) is 0 Å². The van der Waals surface area contributed by atoms with Gasteiger partial charge in [-0.1, -0.05) is 42.5 Å². The van der Waals surface area contributed by atoms with Crippen LogP contribution in [0.5, 0.6) is 0 Å².